The Kier molecular flexibility index (Phi) is 3.38. The molecule has 0 radical (unpaired) electrons. The lowest BCUT2D eigenvalue weighted by molar-refractivity contribution is 0.0696. The van der Waals surface area contributed by atoms with Crippen molar-refractivity contribution in [2.75, 3.05) is 18.1 Å². The van der Waals surface area contributed by atoms with Gasteiger partial charge in [0.05, 0.1) is 11.5 Å². The van der Waals surface area contributed by atoms with Crippen LogP contribution in [0.2, 0.25) is 0 Å². The lowest BCUT2D eigenvalue weighted by atomic mass is 10.2. The van der Waals surface area contributed by atoms with Crippen molar-refractivity contribution in [3.8, 4) is 0 Å². The Hall–Kier alpha value is -1.44. The van der Waals surface area contributed by atoms with E-state index in [4.69, 9.17) is 0 Å². The minimum Gasteiger partial charge on any atom is -0.332 e. The van der Waals surface area contributed by atoms with Gasteiger partial charge in [0, 0.05) is 12.6 Å². The summed E-state index contributed by atoms with van der Waals surface area (Å²) < 4.78 is 22.9. The fraction of sp³-hybridized carbons (Fsp3) is 0.700. The van der Waals surface area contributed by atoms with E-state index in [1.807, 2.05) is 6.92 Å². The van der Waals surface area contributed by atoms with Gasteiger partial charge in [0.1, 0.15) is 5.82 Å². The summed E-state index contributed by atoms with van der Waals surface area (Å²) in [5.41, 5.74) is 0. The molecule has 8 heteroatoms. The maximum Gasteiger partial charge on any atom is 0.293 e. The van der Waals surface area contributed by atoms with Gasteiger partial charge in [-0.2, -0.15) is 0 Å². The first-order valence-corrected chi connectivity index (χ1v) is 7.65. The van der Waals surface area contributed by atoms with E-state index >= 15 is 0 Å². The van der Waals surface area contributed by atoms with E-state index in [0.717, 1.165) is 0 Å². The molecule has 1 N–H and O–H groups in total. The fourth-order valence-corrected chi connectivity index (χ4v) is 3.89. The second-order valence-corrected chi connectivity index (χ2v) is 6.62. The van der Waals surface area contributed by atoms with E-state index in [-0.39, 0.29) is 29.3 Å². The molecule has 18 heavy (non-hydrogen) atoms. The molecule has 0 bridgehead atoms. The zero-order valence-corrected chi connectivity index (χ0v) is 11.2. The van der Waals surface area contributed by atoms with Crippen LogP contribution in [0.4, 0.5) is 0 Å². The molecule has 0 aromatic carbocycles. The molecule has 1 aliphatic heterocycles. The first-order valence-electron chi connectivity index (χ1n) is 5.83. The predicted octanol–water partition coefficient (Wildman–Crippen LogP) is -0.238. The van der Waals surface area contributed by atoms with Crippen molar-refractivity contribution in [1.29, 1.82) is 0 Å². The van der Waals surface area contributed by atoms with Gasteiger partial charge in [0.25, 0.3) is 5.91 Å². The summed E-state index contributed by atoms with van der Waals surface area (Å²) in [5.74, 6) is 0.529. The number of amides is 1. The summed E-state index contributed by atoms with van der Waals surface area (Å²) in [6.45, 7) is 3.98. The predicted molar refractivity (Wildman–Crippen MR) is 64.9 cm³/mol. The Morgan fingerprint density at radius 1 is 1.56 bits per heavy atom. The van der Waals surface area contributed by atoms with E-state index in [1.165, 1.54) is 4.90 Å². The van der Waals surface area contributed by atoms with Gasteiger partial charge in [0.2, 0.25) is 5.82 Å². The normalized spacial score (nSPS) is 22.0. The van der Waals surface area contributed by atoms with Crippen LogP contribution in [0.5, 0.6) is 0 Å². The lowest BCUT2D eigenvalue weighted by Gasteiger charge is -2.25. The Morgan fingerprint density at radius 3 is 2.72 bits per heavy atom. The highest BCUT2D eigenvalue weighted by Gasteiger charge is 2.35. The summed E-state index contributed by atoms with van der Waals surface area (Å²) >= 11 is 0. The van der Waals surface area contributed by atoms with Gasteiger partial charge < -0.3 is 4.90 Å². The SMILES string of the molecule is CCN(C(=O)c1n[nH]c(C)n1)C1CCS(=O)(=O)C1. The molecule has 0 saturated carbocycles. The molecule has 0 aliphatic carbocycles. The van der Waals surface area contributed by atoms with Crippen LogP contribution < -0.4 is 0 Å². The van der Waals surface area contributed by atoms with Crippen molar-refractivity contribution in [2.24, 2.45) is 0 Å². The highest BCUT2D eigenvalue weighted by Crippen LogP contribution is 2.18. The van der Waals surface area contributed by atoms with Gasteiger partial charge in [-0.3, -0.25) is 9.89 Å². The molecule has 1 fully saturated rings. The van der Waals surface area contributed by atoms with Gasteiger partial charge >= 0.3 is 0 Å². The van der Waals surface area contributed by atoms with Gasteiger partial charge in [-0.1, -0.05) is 0 Å². The molecular weight excluding hydrogens is 256 g/mol. The number of aryl methyl sites for hydroxylation is 1. The quantitative estimate of drug-likeness (QED) is 0.819. The van der Waals surface area contributed by atoms with Crippen molar-refractivity contribution in [2.45, 2.75) is 26.3 Å². The van der Waals surface area contributed by atoms with Crippen LogP contribution in [0.1, 0.15) is 29.8 Å². The fourth-order valence-electron chi connectivity index (χ4n) is 2.16. The zero-order valence-electron chi connectivity index (χ0n) is 10.4. The number of hydrogen-bond donors (Lipinski definition) is 1. The smallest absolute Gasteiger partial charge is 0.293 e. The first kappa shape index (κ1) is 13.0. The van der Waals surface area contributed by atoms with Crippen molar-refractivity contribution >= 4 is 15.7 Å². The monoisotopic (exact) mass is 272 g/mol. The largest absolute Gasteiger partial charge is 0.332 e. The number of sulfone groups is 1. The summed E-state index contributed by atoms with van der Waals surface area (Å²) in [5, 5.41) is 6.42. The van der Waals surface area contributed by atoms with Gasteiger partial charge in [-0.15, -0.1) is 5.10 Å². The van der Waals surface area contributed by atoms with Gasteiger partial charge in [0.15, 0.2) is 9.84 Å². The molecule has 0 spiro atoms. The Bertz CT molecular complexity index is 551. The Labute approximate surface area is 106 Å². The highest BCUT2D eigenvalue weighted by atomic mass is 32.2. The first-order chi connectivity index (χ1) is 8.43. The highest BCUT2D eigenvalue weighted by molar-refractivity contribution is 7.91. The van der Waals surface area contributed by atoms with E-state index in [1.54, 1.807) is 6.92 Å². The number of hydrogen-bond acceptors (Lipinski definition) is 5. The van der Waals surface area contributed by atoms with Crippen LogP contribution in [-0.2, 0) is 9.84 Å². The number of nitrogens with one attached hydrogen (secondary N) is 1. The summed E-state index contributed by atoms with van der Waals surface area (Å²) in [7, 11) is -3.00. The number of carbonyl (C=O) groups is 1. The minimum atomic E-state index is -3.00. The molecule has 1 amide bonds. The molecule has 1 atom stereocenters. The van der Waals surface area contributed by atoms with E-state index in [0.29, 0.717) is 18.8 Å². The van der Waals surface area contributed by atoms with Crippen LogP contribution in [0.15, 0.2) is 0 Å². The zero-order chi connectivity index (χ0) is 13.3. The van der Waals surface area contributed by atoms with Gasteiger partial charge in [-0.25, -0.2) is 13.4 Å². The second-order valence-electron chi connectivity index (χ2n) is 4.39. The van der Waals surface area contributed by atoms with Crippen LogP contribution >= 0.6 is 0 Å². The third-order valence-electron chi connectivity index (χ3n) is 3.04. The molecule has 1 aromatic rings. The van der Waals surface area contributed by atoms with Crippen molar-refractivity contribution in [3.63, 3.8) is 0 Å². The maximum atomic E-state index is 12.2. The second kappa shape index (κ2) is 4.68. The van der Waals surface area contributed by atoms with Crippen molar-refractivity contribution in [3.05, 3.63) is 11.6 Å². The number of carbonyl (C=O) groups excluding carboxylic acids is 1. The Balaban J connectivity index is 2.17. The van der Waals surface area contributed by atoms with Crippen LogP contribution in [0.25, 0.3) is 0 Å². The molecule has 7 nitrogen and oxygen atoms in total. The van der Waals surface area contributed by atoms with Crippen molar-refractivity contribution in [1.82, 2.24) is 20.1 Å². The Morgan fingerprint density at radius 2 is 2.28 bits per heavy atom. The molecule has 1 saturated heterocycles. The van der Waals surface area contributed by atoms with Crippen LogP contribution in [-0.4, -0.2) is 58.5 Å². The molecule has 1 aliphatic rings. The molecule has 2 heterocycles. The summed E-state index contributed by atoms with van der Waals surface area (Å²) in [4.78, 5) is 17.7. The maximum absolute atomic E-state index is 12.2. The number of H-pyrrole nitrogens is 1. The van der Waals surface area contributed by atoms with E-state index < -0.39 is 9.84 Å². The molecule has 1 aromatic heterocycles. The number of aromatic amines is 1. The average molecular weight is 272 g/mol. The van der Waals surface area contributed by atoms with E-state index in [2.05, 4.69) is 15.2 Å². The lowest BCUT2D eigenvalue weighted by Crippen LogP contribution is -2.41. The van der Waals surface area contributed by atoms with Crippen LogP contribution in [0, 0.1) is 6.92 Å². The number of rotatable bonds is 3. The summed E-state index contributed by atoms with van der Waals surface area (Å²) in [6, 6.07) is -0.258. The molecule has 2 rings (SSSR count). The summed E-state index contributed by atoms with van der Waals surface area (Å²) in [6.07, 6.45) is 0.491. The minimum absolute atomic E-state index is 0.0377. The number of aromatic nitrogens is 3. The third-order valence-corrected chi connectivity index (χ3v) is 4.79. The van der Waals surface area contributed by atoms with Gasteiger partial charge in [-0.05, 0) is 20.3 Å². The average Bonchev–Trinajstić information content (AvgIpc) is 2.86. The molecular formula is C10H16N4O3S. The standard InChI is InChI=1S/C10H16N4O3S/c1-3-14(8-4-5-18(16,17)6-8)10(15)9-11-7(2)12-13-9/h8H,3-6H2,1-2H3,(H,11,12,13). The van der Waals surface area contributed by atoms with Crippen molar-refractivity contribution < 1.29 is 13.2 Å². The molecule has 100 valence electrons. The number of nitrogens with zero attached hydrogens (tertiary/aromatic N) is 3. The molecule has 1 unspecified atom stereocenters. The third kappa shape index (κ3) is 2.53. The topological polar surface area (TPSA) is 96.0 Å². The van der Waals surface area contributed by atoms with Crippen LogP contribution in [0.3, 0.4) is 0 Å². The van der Waals surface area contributed by atoms with E-state index in [9.17, 15) is 13.2 Å².